The Morgan fingerprint density at radius 3 is 2.70 bits per heavy atom. The third-order valence-corrected chi connectivity index (χ3v) is 4.75. The monoisotopic (exact) mass is 369 g/mol. The molecule has 1 aliphatic rings. The first-order chi connectivity index (χ1) is 13.0. The summed E-state index contributed by atoms with van der Waals surface area (Å²) in [4.78, 5) is 15.4. The van der Waals surface area contributed by atoms with Gasteiger partial charge in [-0.2, -0.15) is 0 Å². The highest BCUT2D eigenvalue weighted by atomic mass is 16.6. The molecule has 27 heavy (non-hydrogen) atoms. The van der Waals surface area contributed by atoms with Gasteiger partial charge in [-0.15, -0.1) is 0 Å². The molecule has 0 bridgehead atoms. The van der Waals surface area contributed by atoms with Crippen molar-refractivity contribution in [3.63, 3.8) is 0 Å². The topological polar surface area (TPSA) is 101 Å². The van der Waals surface area contributed by atoms with E-state index in [0.29, 0.717) is 23.7 Å². The summed E-state index contributed by atoms with van der Waals surface area (Å²) in [6.45, 7) is 2.31. The Hall–Kier alpha value is -2.93. The summed E-state index contributed by atoms with van der Waals surface area (Å²) in [6.07, 6.45) is 3.12. The average Bonchev–Trinajstić information content (AvgIpc) is 2.67. The third-order valence-electron chi connectivity index (χ3n) is 4.75. The summed E-state index contributed by atoms with van der Waals surface area (Å²) in [5, 5.41) is 11.7. The zero-order valence-electron chi connectivity index (χ0n) is 15.5. The number of pyridine rings is 1. The van der Waals surface area contributed by atoms with Crippen molar-refractivity contribution < 1.29 is 14.4 Å². The molecule has 7 heteroatoms. The lowest BCUT2D eigenvalue weighted by atomic mass is 9.87. The van der Waals surface area contributed by atoms with E-state index in [1.54, 1.807) is 6.07 Å². The van der Waals surface area contributed by atoms with Crippen LogP contribution in [0.2, 0.25) is 0 Å². The molecule has 1 aliphatic carbocycles. The smallest absolute Gasteiger partial charge is 0.322 e. The van der Waals surface area contributed by atoms with Gasteiger partial charge in [-0.3, -0.25) is 20.8 Å². The number of rotatable bonds is 7. The van der Waals surface area contributed by atoms with E-state index >= 15 is 0 Å². The fraction of sp³-hybridized carbons (Fsp3) is 0.350. The number of nitrogens with two attached hydrogens (primary N) is 1. The highest BCUT2D eigenvalue weighted by Crippen LogP contribution is 2.41. The standard InChI is InChI=1S/C20H23N3O4/c1-14-10-11-22-19-17(14)18(16(26-2)13-20(19,21)23(24)25)27-12-6-9-15-7-4-3-5-8-15/h3-5,7-8,10-11H,6,9,12-13,21H2,1-2H3. The van der Waals surface area contributed by atoms with Crippen LogP contribution in [0, 0.1) is 17.0 Å². The molecule has 0 aliphatic heterocycles. The molecule has 0 amide bonds. The second kappa shape index (κ2) is 7.75. The van der Waals surface area contributed by atoms with E-state index in [1.165, 1.54) is 18.9 Å². The van der Waals surface area contributed by atoms with Gasteiger partial charge in [0.25, 0.3) is 0 Å². The largest absolute Gasteiger partial charge is 0.497 e. The van der Waals surface area contributed by atoms with Crippen LogP contribution in [0.5, 0.6) is 0 Å². The molecule has 2 aromatic rings. The number of fused-ring (bicyclic) bond motifs is 1. The molecule has 7 nitrogen and oxygen atoms in total. The van der Waals surface area contributed by atoms with E-state index in [0.717, 1.165) is 18.4 Å². The molecule has 0 saturated carbocycles. The SMILES string of the molecule is COC1=C(OCCCc2ccccc2)c2c(C)ccnc2C(N)([N+](=O)[O-])C1. The van der Waals surface area contributed by atoms with Crippen molar-refractivity contribution >= 4 is 5.76 Å². The van der Waals surface area contributed by atoms with Gasteiger partial charge in [0.05, 0.1) is 19.3 Å². The van der Waals surface area contributed by atoms with Crippen LogP contribution in [0.25, 0.3) is 5.76 Å². The third kappa shape index (κ3) is 3.64. The van der Waals surface area contributed by atoms with Crippen molar-refractivity contribution in [3.05, 3.63) is 80.9 Å². The molecule has 1 aromatic heterocycles. The van der Waals surface area contributed by atoms with Gasteiger partial charge in [-0.05, 0) is 37.0 Å². The molecular formula is C20H23N3O4. The maximum atomic E-state index is 11.7. The van der Waals surface area contributed by atoms with Crippen LogP contribution in [-0.2, 0) is 21.6 Å². The summed E-state index contributed by atoms with van der Waals surface area (Å²) >= 11 is 0. The predicted molar refractivity (Wildman–Crippen MR) is 101 cm³/mol. The van der Waals surface area contributed by atoms with Gasteiger partial charge in [0.2, 0.25) is 0 Å². The number of hydrogen-bond donors (Lipinski definition) is 1. The highest BCUT2D eigenvalue weighted by Gasteiger charge is 2.50. The number of benzene rings is 1. The van der Waals surface area contributed by atoms with Gasteiger partial charge in [-0.25, -0.2) is 0 Å². The summed E-state index contributed by atoms with van der Waals surface area (Å²) in [6, 6.07) is 11.9. The van der Waals surface area contributed by atoms with E-state index in [9.17, 15) is 10.1 Å². The zero-order valence-corrected chi connectivity index (χ0v) is 15.5. The molecule has 3 rings (SSSR count). The summed E-state index contributed by atoms with van der Waals surface area (Å²) in [5.41, 5.74) is 7.09. The Morgan fingerprint density at radius 1 is 1.30 bits per heavy atom. The van der Waals surface area contributed by atoms with Gasteiger partial charge in [0.1, 0.15) is 17.9 Å². The second-order valence-corrected chi connectivity index (χ2v) is 6.60. The van der Waals surface area contributed by atoms with Crippen molar-refractivity contribution in [2.24, 2.45) is 5.73 Å². The molecule has 2 N–H and O–H groups in total. The highest BCUT2D eigenvalue weighted by molar-refractivity contribution is 5.69. The van der Waals surface area contributed by atoms with Crippen LogP contribution in [0.3, 0.4) is 0 Å². The normalized spacial score (nSPS) is 18.8. The molecule has 1 heterocycles. The molecule has 0 radical (unpaired) electrons. The Morgan fingerprint density at radius 2 is 2.04 bits per heavy atom. The number of ether oxygens (including phenoxy) is 2. The fourth-order valence-electron chi connectivity index (χ4n) is 3.29. The van der Waals surface area contributed by atoms with Gasteiger partial charge in [0.15, 0.2) is 5.76 Å². The maximum absolute atomic E-state index is 11.7. The molecular weight excluding hydrogens is 346 g/mol. The van der Waals surface area contributed by atoms with Gasteiger partial charge < -0.3 is 9.47 Å². The number of aromatic nitrogens is 1. The first-order valence-electron chi connectivity index (χ1n) is 8.81. The van der Waals surface area contributed by atoms with Crippen molar-refractivity contribution in [3.8, 4) is 0 Å². The predicted octanol–water partition coefficient (Wildman–Crippen LogP) is 3.15. The Kier molecular flexibility index (Phi) is 5.41. The van der Waals surface area contributed by atoms with E-state index in [-0.39, 0.29) is 12.1 Å². The Labute approximate surface area is 158 Å². The average molecular weight is 369 g/mol. The number of nitrogens with zero attached hydrogens (tertiary/aromatic N) is 2. The van der Waals surface area contributed by atoms with Crippen molar-refractivity contribution in [1.29, 1.82) is 0 Å². The van der Waals surface area contributed by atoms with Gasteiger partial charge >= 0.3 is 5.66 Å². The Bertz CT molecular complexity index is 867. The summed E-state index contributed by atoms with van der Waals surface area (Å²) in [5.74, 6) is 0.867. The second-order valence-electron chi connectivity index (χ2n) is 6.60. The van der Waals surface area contributed by atoms with Crippen LogP contribution in [-0.4, -0.2) is 23.6 Å². The lowest BCUT2D eigenvalue weighted by molar-refractivity contribution is -0.580. The van der Waals surface area contributed by atoms with E-state index < -0.39 is 10.6 Å². The van der Waals surface area contributed by atoms with Crippen molar-refractivity contribution in [2.45, 2.75) is 31.8 Å². The lowest BCUT2D eigenvalue weighted by Crippen LogP contribution is -2.48. The molecule has 1 unspecified atom stereocenters. The number of hydrogen-bond acceptors (Lipinski definition) is 6. The quantitative estimate of drug-likeness (QED) is 0.348. The molecule has 0 fully saturated rings. The number of aryl methyl sites for hydroxylation is 2. The zero-order chi connectivity index (χ0) is 19.4. The first kappa shape index (κ1) is 18.8. The lowest BCUT2D eigenvalue weighted by Gasteiger charge is -2.30. The first-order valence-corrected chi connectivity index (χ1v) is 8.81. The van der Waals surface area contributed by atoms with Crippen LogP contribution in [0.4, 0.5) is 0 Å². The van der Waals surface area contributed by atoms with Crippen molar-refractivity contribution in [2.75, 3.05) is 13.7 Å². The molecule has 142 valence electrons. The minimum atomic E-state index is -1.83. The minimum absolute atomic E-state index is 0.103. The molecule has 0 spiro atoms. The molecule has 0 saturated heterocycles. The number of nitro groups is 1. The van der Waals surface area contributed by atoms with Crippen LogP contribution in [0.1, 0.15) is 35.2 Å². The molecule has 1 atom stereocenters. The van der Waals surface area contributed by atoms with Crippen LogP contribution < -0.4 is 5.73 Å². The fourth-order valence-corrected chi connectivity index (χ4v) is 3.29. The number of methoxy groups -OCH3 is 1. The Balaban J connectivity index is 1.85. The maximum Gasteiger partial charge on any atom is 0.322 e. The van der Waals surface area contributed by atoms with E-state index in [2.05, 4.69) is 17.1 Å². The van der Waals surface area contributed by atoms with E-state index in [1.807, 2.05) is 25.1 Å². The summed E-state index contributed by atoms with van der Waals surface area (Å²) in [7, 11) is 1.47. The molecule has 1 aromatic carbocycles. The van der Waals surface area contributed by atoms with Crippen molar-refractivity contribution in [1.82, 2.24) is 4.98 Å². The summed E-state index contributed by atoms with van der Waals surface area (Å²) < 4.78 is 11.4. The van der Waals surface area contributed by atoms with Gasteiger partial charge in [0, 0.05) is 11.1 Å². The van der Waals surface area contributed by atoms with E-state index in [4.69, 9.17) is 15.2 Å². The van der Waals surface area contributed by atoms with Gasteiger partial charge in [-0.1, -0.05) is 30.3 Å². The minimum Gasteiger partial charge on any atom is -0.497 e. The van der Waals surface area contributed by atoms with Crippen LogP contribution >= 0.6 is 0 Å². The van der Waals surface area contributed by atoms with Crippen LogP contribution in [0.15, 0.2) is 48.4 Å².